The molecule has 31 heavy (non-hydrogen) atoms. The van der Waals surface area contributed by atoms with E-state index in [9.17, 15) is 13.2 Å². The van der Waals surface area contributed by atoms with Crippen LogP contribution < -0.4 is 4.74 Å². The van der Waals surface area contributed by atoms with Gasteiger partial charge in [0.1, 0.15) is 5.75 Å². The molecule has 0 unspecified atom stereocenters. The van der Waals surface area contributed by atoms with Crippen molar-refractivity contribution in [3.05, 3.63) is 41.7 Å². The Labute approximate surface area is 183 Å². The largest absolute Gasteiger partial charge is 0.452 e. The third-order valence-electron chi connectivity index (χ3n) is 6.90. The van der Waals surface area contributed by atoms with Crippen molar-refractivity contribution in [2.75, 3.05) is 39.0 Å². The molecule has 8 heteroatoms. The Hall–Kier alpha value is -1.90. The Bertz CT molecular complexity index is 958. The first-order chi connectivity index (χ1) is 14.9. The van der Waals surface area contributed by atoms with Crippen molar-refractivity contribution in [3.63, 3.8) is 0 Å². The maximum absolute atomic E-state index is 12.7. The zero-order valence-corrected chi connectivity index (χ0v) is 18.7. The van der Waals surface area contributed by atoms with Crippen LogP contribution in [0, 0.1) is 0 Å². The van der Waals surface area contributed by atoms with Crippen LogP contribution >= 0.6 is 0 Å². The molecule has 2 saturated carbocycles. The van der Waals surface area contributed by atoms with Crippen LogP contribution in [0.2, 0.25) is 0 Å². The molecule has 1 aromatic rings. The summed E-state index contributed by atoms with van der Waals surface area (Å²) in [5.41, 5.74) is 1.35. The van der Waals surface area contributed by atoms with Crippen molar-refractivity contribution in [3.8, 4) is 5.75 Å². The number of hydrogen-bond acceptors (Lipinski definition) is 6. The summed E-state index contributed by atoms with van der Waals surface area (Å²) in [7, 11) is -2.92. The van der Waals surface area contributed by atoms with E-state index in [1.807, 2.05) is 23.1 Å². The number of likely N-dealkylation sites (tertiary alicyclic amines) is 1. The molecule has 1 aromatic carbocycles. The molecule has 0 spiro atoms. The standard InChI is InChI=1S/C23H30N2O5S/c1-31(27,28)21-14-24(15-21)10-11-29-20-12-18(13-20)25-9-8-22(23(25)26)30-19-6-4-17(5-7-19)16-2-3-16/h4-8,16,18,20-21H,2-3,9-15H2,1H3. The lowest BCUT2D eigenvalue weighted by atomic mass is 9.88. The number of sulfone groups is 1. The molecule has 1 saturated heterocycles. The van der Waals surface area contributed by atoms with E-state index in [4.69, 9.17) is 9.47 Å². The highest BCUT2D eigenvalue weighted by atomic mass is 32.2. The van der Waals surface area contributed by atoms with Crippen molar-refractivity contribution in [1.82, 2.24) is 9.80 Å². The van der Waals surface area contributed by atoms with Gasteiger partial charge >= 0.3 is 0 Å². The Morgan fingerprint density at radius 3 is 2.45 bits per heavy atom. The van der Waals surface area contributed by atoms with Crippen LogP contribution in [-0.2, 0) is 19.4 Å². The summed E-state index contributed by atoms with van der Waals surface area (Å²) in [6.45, 7) is 3.16. The van der Waals surface area contributed by atoms with Crippen LogP contribution in [0.3, 0.4) is 0 Å². The lowest BCUT2D eigenvalue weighted by Gasteiger charge is -2.42. The highest BCUT2D eigenvalue weighted by Gasteiger charge is 2.40. The molecule has 5 rings (SSSR count). The van der Waals surface area contributed by atoms with Crippen LogP contribution in [-0.4, -0.2) is 80.6 Å². The van der Waals surface area contributed by atoms with Gasteiger partial charge in [-0.15, -0.1) is 0 Å². The van der Waals surface area contributed by atoms with Crippen LogP contribution in [0.4, 0.5) is 0 Å². The van der Waals surface area contributed by atoms with Crippen LogP contribution in [0.1, 0.15) is 37.2 Å². The van der Waals surface area contributed by atoms with Gasteiger partial charge in [0, 0.05) is 38.5 Å². The fourth-order valence-electron chi connectivity index (χ4n) is 4.50. The van der Waals surface area contributed by atoms with Crippen molar-refractivity contribution in [1.29, 1.82) is 0 Å². The number of carbonyl (C=O) groups excluding carboxylic acids is 1. The summed E-state index contributed by atoms with van der Waals surface area (Å²) in [4.78, 5) is 16.7. The lowest BCUT2D eigenvalue weighted by Crippen LogP contribution is -2.55. The van der Waals surface area contributed by atoms with E-state index in [0.29, 0.717) is 43.7 Å². The molecule has 7 nitrogen and oxygen atoms in total. The third kappa shape index (κ3) is 4.66. The minimum Gasteiger partial charge on any atom is -0.452 e. The molecule has 168 valence electrons. The van der Waals surface area contributed by atoms with E-state index >= 15 is 0 Å². The quantitative estimate of drug-likeness (QED) is 0.577. The van der Waals surface area contributed by atoms with Crippen molar-refractivity contribution >= 4 is 15.7 Å². The molecule has 0 bridgehead atoms. The van der Waals surface area contributed by atoms with Gasteiger partial charge in [0.15, 0.2) is 15.6 Å². The second-order valence-corrected chi connectivity index (χ2v) is 11.6. The minimum atomic E-state index is -2.92. The van der Waals surface area contributed by atoms with Gasteiger partial charge in [-0.1, -0.05) is 12.1 Å². The Kier molecular flexibility index (Phi) is 5.56. The van der Waals surface area contributed by atoms with E-state index in [1.54, 1.807) is 0 Å². The fraction of sp³-hybridized carbons (Fsp3) is 0.609. The number of amides is 1. The van der Waals surface area contributed by atoms with E-state index in [2.05, 4.69) is 17.0 Å². The Balaban J connectivity index is 1.00. The molecular weight excluding hydrogens is 416 g/mol. The summed E-state index contributed by atoms with van der Waals surface area (Å²) in [5.74, 6) is 1.80. The maximum atomic E-state index is 12.7. The summed E-state index contributed by atoms with van der Waals surface area (Å²) >= 11 is 0. The summed E-state index contributed by atoms with van der Waals surface area (Å²) in [6, 6.07) is 8.30. The molecule has 3 fully saturated rings. The zero-order chi connectivity index (χ0) is 21.6. The molecule has 0 aromatic heterocycles. The van der Waals surface area contributed by atoms with Crippen molar-refractivity contribution < 1.29 is 22.7 Å². The SMILES string of the molecule is CS(=O)(=O)C1CN(CCOC2CC(N3CC=C(Oc4ccc(C5CC5)cc4)C3=O)C2)C1. The maximum Gasteiger partial charge on any atom is 0.289 e. The van der Waals surface area contributed by atoms with Gasteiger partial charge in [-0.2, -0.15) is 0 Å². The van der Waals surface area contributed by atoms with Crippen LogP contribution in [0.5, 0.6) is 5.75 Å². The summed E-state index contributed by atoms with van der Waals surface area (Å²) in [5, 5.41) is -0.221. The van der Waals surface area contributed by atoms with Gasteiger partial charge in [-0.05, 0) is 55.4 Å². The lowest BCUT2D eigenvalue weighted by molar-refractivity contribution is -0.135. The predicted molar refractivity (Wildman–Crippen MR) is 117 cm³/mol. The zero-order valence-electron chi connectivity index (χ0n) is 17.9. The number of benzene rings is 1. The highest BCUT2D eigenvalue weighted by molar-refractivity contribution is 7.91. The predicted octanol–water partition coefficient (Wildman–Crippen LogP) is 1.95. The second kappa shape index (κ2) is 8.22. The van der Waals surface area contributed by atoms with Crippen LogP contribution in [0.15, 0.2) is 36.1 Å². The molecule has 2 heterocycles. The minimum absolute atomic E-state index is 0.0397. The normalized spacial score (nSPS) is 27.1. The average molecular weight is 447 g/mol. The average Bonchev–Trinajstić information content (AvgIpc) is 3.44. The van der Waals surface area contributed by atoms with Crippen molar-refractivity contribution in [2.24, 2.45) is 0 Å². The van der Waals surface area contributed by atoms with Gasteiger partial charge in [-0.3, -0.25) is 9.69 Å². The van der Waals surface area contributed by atoms with E-state index < -0.39 is 9.84 Å². The van der Waals surface area contributed by atoms with E-state index in [-0.39, 0.29) is 23.3 Å². The van der Waals surface area contributed by atoms with Crippen molar-refractivity contribution in [2.45, 2.75) is 49.0 Å². The first-order valence-electron chi connectivity index (χ1n) is 11.2. The topological polar surface area (TPSA) is 76.2 Å². The number of carbonyl (C=O) groups is 1. The molecule has 0 N–H and O–H groups in total. The fourth-order valence-corrected chi connectivity index (χ4v) is 5.46. The molecule has 1 amide bonds. The first-order valence-corrected chi connectivity index (χ1v) is 13.1. The van der Waals surface area contributed by atoms with Gasteiger partial charge in [0.25, 0.3) is 5.91 Å². The van der Waals surface area contributed by atoms with E-state index in [0.717, 1.165) is 19.4 Å². The van der Waals surface area contributed by atoms with Gasteiger partial charge < -0.3 is 14.4 Å². The first kappa shape index (κ1) is 21.0. The smallest absolute Gasteiger partial charge is 0.289 e. The van der Waals surface area contributed by atoms with Gasteiger partial charge in [0.05, 0.1) is 18.0 Å². The summed E-state index contributed by atoms with van der Waals surface area (Å²) < 4.78 is 34.7. The molecule has 0 atom stereocenters. The molecular formula is C23H30N2O5S. The Morgan fingerprint density at radius 1 is 1.10 bits per heavy atom. The number of nitrogens with zero attached hydrogens (tertiary/aromatic N) is 2. The number of ether oxygens (including phenoxy) is 2. The molecule has 0 radical (unpaired) electrons. The summed E-state index contributed by atoms with van der Waals surface area (Å²) in [6.07, 6.45) is 7.57. The molecule has 4 aliphatic rings. The van der Waals surface area contributed by atoms with Gasteiger partial charge in [0.2, 0.25) is 0 Å². The van der Waals surface area contributed by atoms with Gasteiger partial charge in [-0.25, -0.2) is 8.42 Å². The number of rotatable bonds is 9. The monoisotopic (exact) mass is 446 g/mol. The Morgan fingerprint density at radius 2 is 1.81 bits per heavy atom. The van der Waals surface area contributed by atoms with Crippen LogP contribution in [0.25, 0.3) is 0 Å². The third-order valence-corrected chi connectivity index (χ3v) is 8.41. The highest BCUT2D eigenvalue weighted by Crippen LogP contribution is 2.40. The molecule has 2 aliphatic carbocycles. The second-order valence-electron chi connectivity index (χ2n) is 9.30. The molecule has 2 aliphatic heterocycles. The van der Waals surface area contributed by atoms with E-state index in [1.165, 1.54) is 24.7 Å². The number of hydrogen-bond donors (Lipinski definition) is 0.